The van der Waals surface area contributed by atoms with E-state index in [4.69, 9.17) is 9.47 Å². The summed E-state index contributed by atoms with van der Waals surface area (Å²) in [5, 5.41) is 2.46. The van der Waals surface area contributed by atoms with Crippen LogP contribution in [0.25, 0.3) is 0 Å². The molecule has 122 valence electrons. The number of carbonyl (C=O) groups is 3. The number of hydrogen-bond donors (Lipinski definition) is 1. The Labute approximate surface area is 133 Å². The van der Waals surface area contributed by atoms with Gasteiger partial charge in [-0.1, -0.05) is 30.9 Å². The van der Waals surface area contributed by atoms with E-state index in [0.717, 1.165) is 0 Å². The van der Waals surface area contributed by atoms with Crippen LogP contribution in [-0.4, -0.2) is 37.0 Å². The van der Waals surface area contributed by atoms with Crippen molar-refractivity contribution in [2.75, 3.05) is 6.61 Å². The minimum Gasteiger partial charge on any atom is -0.437 e. The molecule has 0 unspecified atom stereocenters. The number of benzene rings is 1. The van der Waals surface area contributed by atoms with Gasteiger partial charge in [0.1, 0.15) is 18.6 Å². The van der Waals surface area contributed by atoms with E-state index < -0.39 is 30.4 Å². The summed E-state index contributed by atoms with van der Waals surface area (Å²) in [4.78, 5) is 35.0. The molecule has 1 saturated heterocycles. The number of nitrogens with one attached hydrogen (secondary N) is 1. The Balaban J connectivity index is 1.91. The van der Waals surface area contributed by atoms with E-state index in [-0.39, 0.29) is 12.5 Å². The molecule has 7 heteroatoms. The van der Waals surface area contributed by atoms with E-state index in [2.05, 4.69) is 16.6 Å². The molecular formula is C16H17NO6. The highest BCUT2D eigenvalue weighted by Crippen LogP contribution is 2.24. The van der Waals surface area contributed by atoms with Crippen molar-refractivity contribution >= 4 is 18.0 Å². The maximum absolute atomic E-state index is 12.0. The summed E-state index contributed by atoms with van der Waals surface area (Å²) in [6.45, 7) is 4.94. The van der Waals surface area contributed by atoms with Gasteiger partial charge in [-0.3, -0.25) is 4.79 Å². The third-order valence-electron chi connectivity index (χ3n) is 3.26. The molecule has 23 heavy (non-hydrogen) atoms. The third kappa shape index (κ3) is 4.09. The average Bonchev–Trinajstić information content (AvgIpc) is 2.52. The standard InChI is InChI=1S/C16H17NO6/c1-3-9-21-16(20)22-10(2)12-13(18)17-14(12)23-15(19)11-7-5-4-6-8-11/h3-8,10,12,14H,1,9H2,2H3,(H,17,18)/t10-,12+,14+/m1/s1. The largest absolute Gasteiger partial charge is 0.508 e. The molecule has 0 spiro atoms. The highest BCUT2D eigenvalue weighted by Gasteiger charge is 2.47. The molecule has 0 aliphatic carbocycles. The van der Waals surface area contributed by atoms with Crippen molar-refractivity contribution < 1.29 is 28.6 Å². The first-order valence-electron chi connectivity index (χ1n) is 7.03. The third-order valence-corrected chi connectivity index (χ3v) is 3.26. The smallest absolute Gasteiger partial charge is 0.437 e. The minimum atomic E-state index is -0.912. The number of ether oxygens (including phenoxy) is 3. The molecule has 0 aromatic heterocycles. The van der Waals surface area contributed by atoms with Gasteiger partial charge in [-0.2, -0.15) is 0 Å². The molecule has 7 nitrogen and oxygen atoms in total. The summed E-state index contributed by atoms with van der Waals surface area (Å²) in [6, 6.07) is 8.38. The predicted molar refractivity (Wildman–Crippen MR) is 79.4 cm³/mol. The summed E-state index contributed by atoms with van der Waals surface area (Å²) in [6.07, 6.45) is -1.16. The van der Waals surface area contributed by atoms with Crippen molar-refractivity contribution in [3.8, 4) is 0 Å². The van der Waals surface area contributed by atoms with Crippen LogP contribution in [-0.2, 0) is 19.0 Å². The monoisotopic (exact) mass is 319 g/mol. The van der Waals surface area contributed by atoms with Crippen molar-refractivity contribution in [2.45, 2.75) is 19.3 Å². The summed E-state index contributed by atoms with van der Waals surface area (Å²) < 4.78 is 14.9. The molecule has 1 aromatic rings. The van der Waals surface area contributed by atoms with Gasteiger partial charge in [-0.05, 0) is 19.1 Å². The normalized spacial score (nSPS) is 20.5. The van der Waals surface area contributed by atoms with Gasteiger partial charge in [0, 0.05) is 0 Å². The molecule has 1 amide bonds. The molecular weight excluding hydrogens is 302 g/mol. The van der Waals surface area contributed by atoms with Crippen LogP contribution in [0.2, 0.25) is 0 Å². The van der Waals surface area contributed by atoms with Crippen LogP contribution in [0, 0.1) is 5.92 Å². The van der Waals surface area contributed by atoms with E-state index in [0.29, 0.717) is 5.56 Å². The lowest BCUT2D eigenvalue weighted by Gasteiger charge is -2.38. The summed E-state index contributed by atoms with van der Waals surface area (Å²) in [7, 11) is 0. The van der Waals surface area contributed by atoms with Gasteiger partial charge in [0.25, 0.3) is 0 Å². The Kier molecular flexibility index (Phi) is 5.35. The molecule has 1 heterocycles. The molecule has 2 rings (SSSR count). The van der Waals surface area contributed by atoms with Gasteiger partial charge in [-0.15, -0.1) is 0 Å². The number of amides is 1. The Morgan fingerprint density at radius 3 is 2.65 bits per heavy atom. The number of hydrogen-bond acceptors (Lipinski definition) is 6. The maximum Gasteiger partial charge on any atom is 0.508 e. The molecule has 1 aliphatic heterocycles. The molecule has 0 bridgehead atoms. The fourth-order valence-electron chi connectivity index (χ4n) is 2.07. The van der Waals surface area contributed by atoms with Gasteiger partial charge >= 0.3 is 12.1 Å². The van der Waals surface area contributed by atoms with Crippen LogP contribution in [0.3, 0.4) is 0 Å². The second-order valence-corrected chi connectivity index (χ2v) is 4.90. The van der Waals surface area contributed by atoms with E-state index in [1.165, 1.54) is 13.0 Å². The van der Waals surface area contributed by atoms with Crippen LogP contribution in [0.5, 0.6) is 0 Å². The van der Waals surface area contributed by atoms with Crippen molar-refractivity contribution in [3.05, 3.63) is 48.6 Å². The molecule has 1 fully saturated rings. The highest BCUT2D eigenvalue weighted by atomic mass is 16.7. The molecule has 1 aromatic carbocycles. The minimum absolute atomic E-state index is 0.00877. The second kappa shape index (κ2) is 7.44. The van der Waals surface area contributed by atoms with E-state index in [9.17, 15) is 14.4 Å². The summed E-state index contributed by atoms with van der Waals surface area (Å²) in [5.74, 6) is -1.71. The highest BCUT2D eigenvalue weighted by molar-refractivity contribution is 5.92. The Hall–Kier alpha value is -2.83. The van der Waals surface area contributed by atoms with Crippen LogP contribution < -0.4 is 5.32 Å². The number of β-lactam (4-membered cyclic amide) rings is 1. The summed E-state index contributed by atoms with van der Waals surface area (Å²) in [5.41, 5.74) is 0.367. The number of esters is 1. The quantitative estimate of drug-likeness (QED) is 0.487. The van der Waals surface area contributed by atoms with Crippen LogP contribution >= 0.6 is 0 Å². The van der Waals surface area contributed by atoms with E-state index >= 15 is 0 Å². The SMILES string of the molecule is C=CCOC(=O)O[C@H](C)[C@H]1C(=O)N[C@H]1OC(=O)c1ccccc1. The maximum atomic E-state index is 12.0. The van der Waals surface area contributed by atoms with Gasteiger partial charge in [0.05, 0.1) is 5.56 Å². The van der Waals surface area contributed by atoms with Crippen molar-refractivity contribution in [1.29, 1.82) is 0 Å². The van der Waals surface area contributed by atoms with Crippen molar-refractivity contribution in [3.63, 3.8) is 0 Å². The Morgan fingerprint density at radius 2 is 2.04 bits per heavy atom. The first-order valence-corrected chi connectivity index (χ1v) is 7.03. The zero-order valence-corrected chi connectivity index (χ0v) is 12.6. The van der Waals surface area contributed by atoms with E-state index in [1.54, 1.807) is 30.3 Å². The molecule has 1 aliphatic rings. The van der Waals surface area contributed by atoms with Crippen molar-refractivity contribution in [1.82, 2.24) is 5.32 Å². The fourth-order valence-corrected chi connectivity index (χ4v) is 2.07. The molecule has 3 atom stereocenters. The second-order valence-electron chi connectivity index (χ2n) is 4.90. The Bertz CT molecular complexity index is 600. The van der Waals surface area contributed by atoms with Crippen LogP contribution in [0.1, 0.15) is 17.3 Å². The van der Waals surface area contributed by atoms with Crippen molar-refractivity contribution in [2.24, 2.45) is 5.92 Å². The first kappa shape index (κ1) is 16.5. The first-order chi connectivity index (χ1) is 11.0. The van der Waals surface area contributed by atoms with Gasteiger partial charge in [0.2, 0.25) is 5.91 Å². The predicted octanol–water partition coefficient (Wildman–Crippen LogP) is 1.64. The lowest BCUT2D eigenvalue weighted by molar-refractivity contribution is -0.156. The van der Waals surface area contributed by atoms with Gasteiger partial charge in [0.15, 0.2) is 6.23 Å². The zero-order valence-electron chi connectivity index (χ0n) is 12.6. The fraction of sp³-hybridized carbons (Fsp3) is 0.312. The van der Waals surface area contributed by atoms with Gasteiger partial charge in [-0.25, -0.2) is 9.59 Å². The average molecular weight is 319 g/mol. The lowest BCUT2D eigenvalue weighted by Crippen LogP contribution is -2.64. The molecule has 1 N–H and O–H groups in total. The Morgan fingerprint density at radius 1 is 1.35 bits per heavy atom. The van der Waals surface area contributed by atoms with E-state index in [1.807, 2.05) is 0 Å². The molecule has 0 radical (unpaired) electrons. The van der Waals surface area contributed by atoms with Gasteiger partial charge < -0.3 is 19.5 Å². The topological polar surface area (TPSA) is 90.9 Å². The molecule has 0 saturated carbocycles. The number of rotatable bonds is 6. The lowest BCUT2D eigenvalue weighted by atomic mass is 9.93. The zero-order chi connectivity index (χ0) is 16.8. The van der Waals surface area contributed by atoms with Crippen LogP contribution in [0.15, 0.2) is 43.0 Å². The number of carbonyl (C=O) groups excluding carboxylic acids is 3. The van der Waals surface area contributed by atoms with Crippen LogP contribution in [0.4, 0.5) is 4.79 Å². The summed E-state index contributed by atoms with van der Waals surface area (Å²) >= 11 is 0.